The van der Waals surface area contributed by atoms with Gasteiger partial charge in [-0.2, -0.15) is 0 Å². The molecule has 0 nitrogen and oxygen atoms in total. The Morgan fingerprint density at radius 1 is 1.00 bits per heavy atom. The SMILES string of the molecule is CCC(CC)C1C(C)CC(C)C1C. The van der Waals surface area contributed by atoms with Crippen molar-refractivity contribution in [2.45, 2.75) is 53.9 Å². The molecule has 0 aliphatic heterocycles. The molecule has 0 amide bonds. The molecule has 1 fully saturated rings. The Hall–Kier alpha value is 0. The van der Waals surface area contributed by atoms with Gasteiger partial charge in [0.25, 0.3) is 0 Å². The van der Waals surface area contributed by atoms with E-state index < -0.39 is 0 Å². The fraction of sp³-hybridized carbons (Fsp3) is 1.00. The van der Waals surface area contributed by atoms with E-state index in [1.807, 2.05) is 0 Å². The summed E-state index contributed by atoms with van der Waals surface area (Å²) in [5.41, 5.74) is 0. The molecule has 0 aromatic carbocycles. The van der Waals surface area contributed by atoms with Crippen molar-refractivity contribution in [3.63, 3.8) is 0 Å². The minimum absolute atomic E-state index is 0.958. The quantitative estimate of drug-likeness (QED) is 0.608. The normalized spacial score (nSPS) is 40.2. The van der Waals surface area contributed by atoms with Crippen LogP contribution in [0.2, 0.25) is 0 Å². The van der Waals surface area contributed by atoms with Gasteiger partial charge in [0.15, 0.2) is 0 Å². The van der Waals surface area contributed by atoms with Gasteiger partial charge in [-0.15, -0.1) is 0 Å². The first-order chi connectivity index (χ1) is 6.11. The molecule has 0 bridgehead atoms. The van der Waals surface area contributed by atoms with Gasteiger partial charge in [-0.1, -0.05) is 47.5 Å². The summed E-state index contributed by atoms with van der Waals surface area (Å²) in [6.07, 6.45) is 4.22. The standard InChI is InChI=1S/C13H26/c1-6-12(7-2)13-10(4)8-9(3)11(13)5/h9-13H,6-8H2,1-5H3. The second-order valence-electron chi connectivity index (χ2n) is 5.20. The Bertz CT molecular complexity index is 146. The first-order valence-corrected chi connectivity index (χ1v) is 6.11. The summed E-state index contributed by atoms with van der Waals surface area (Å²) >= 11 is 0. The van der Waals surface area contributed by atoms with E-state index in [2.05, 4.69) is 34.6 Å². The highest BCUT2D eigenvalue weighted by Gasteiger charge is 2.38. The van der Waals surface area contributed by atoms with Crippen LogP contribution in [0.25, 0.3) is 0 Å². The Labute approximate surface area is 84.1 Å². The third kappa shape index (κ3) is 2.08. The summed E-state index contributed by atoms with van der Waals surface area (Å²) in [4.78, 5) is 0. The maximum atomic E-state index is 2.47. The minimum atomic E-state index is 0.958. The maximum absolute atomic E-state index is 2.47. The molecule has 1 rings (SSSR count). The van der Waals surface area contributed by atoms with Crippen molar-refractivity contribution < 1.29 is 0 Å². The average molecular weight is 182 g/mol. The lowest BCUT2D eigenvalue weighted by Gasteiger charge is -2.29. The van der Waals surface area contributed by atoms with Crippen molar-refractivity contribution in [2.75, 3.05) is 0 Å². The van der Waals surface area contributed by atoms with Crippen LogP contribution in [0, 0.1) is 29.6 Å². The zero-order valence-corrected chi connectivity index (χ0v) is 10.0. The van der Waals surface area contributed by atoms with Crippen LogP contribution in [0.4, 0.5) is 0 Å². The van der Waals surface area contributed by atoms with Gasteiger partial charge in [0.1, 0.15) is 0 Å². The zero-order chi connectivity index (χ0) is 10.0. The van der Waals surface area contributed by atoms with Crippen LogP contribution in [0.1, 0.15) is 53.9 Å². The molecular weight excluding hydrogens is 156 g/mol. The van der Waals surface area contributed by atoms with E-state index in [0.717, 1.165) is 29.6 Å². The second-order valence-corrected chi connectivity index (χ2v) is 5.20. The van der Waals surface area contributed by atoms with E-state index in [-0.39, 0.29) is 0 Å². The van der Waals surface area contributed by atoms with Gasteiger partial charge in [-0.25, -0.2) is 0 Å². The number of rotatable bonds is 3. The second kappa shape index (κ2) is 4.48. The molecule has 1 aliphatic carbocycles. The molecule has 0 spiro atoms. The van der Waals surface area contributed by atoms with Gasteiger partial charge >= 0.3 is 0 Å². The van der Waals surface area contributed by atoms with Crippen molar-refractivity contribution in [3.8, 4) is 0 Å². The zero-order valence-electron chi connectivity index (χ0n) is 10.0. The third-order valence-corrected chi connectivity index (χ3v) is 4.50. The van der Waals surface area contributed by atoms with Crippen LogP contribution in [-0.2, 0) is 0 Å². The highest BCUT2D eigenvalue weighted by atomic mass is 14.4. The first-order valence-electron chi connectivity index (χ1n) is 6.11. The lowest BCUT2D eigenvalue weighted by atomic mass is 9.76. The molecule has 78 valence electrons. The van der Waals surface area contributed by atoms with Gasteiger partial charge in [-0.05, 0) is 36.0 Å². The summed E-state index contributed by atoms with van der Waals surface area (Å²) in [5, 5.41) is 0. The largest absolute Gasteiger partial charge is 0.0651 e. The molecule has 0 heterocycles. The predicted octanol–water partition coefficient (Wildman–Crippen LogP) is 4.35. The van der Waals surface area contributed by atoms with Crippen LogP contribution in [0.3, 0.4) is 0 Å². The van der Waals surface area contributed by atoms with E-state index in [4.69, 9.17) is 0 Å². The fourth-order valence-electron chi connectivity index (χ4n) is 3.58. The van der Waals surface area contributed by atoms with Crippen LogP contribution >= 0.6 is 0 Å². The monoisotopic (exact) mass is 182 g/mol. The Morgan fingerprint density at radius 2 is 1.54 bits per heavy atom. The van der Waals surface area contributed by atoms with E-state index in [1.54, 1.807) is 0 Å². The van der Waals surface area contributed by atoms with Crippen molar-refractivity contribution in [1.82, 2.24) is 0 Å². The fourth-order valence-corrected chi connectivity index (χ4v) is 3.58. The van der Waals surface area contributed by atoms with Crippen LogP contribution in [0.5, 0.6) is 0 Å². The molecule has 0 heteroatoms. The number of hydrogen-bond acceptors (Lipinski definition) is 0. The van der Waals surface area contributed by atoms with Gasteiger partial charge in [0, 0.05) is 0 Å². The van der Waals surface area contributed by atoms with E-state index >= 15 is 0 Å². The van der Waals surface area contributed by atoms with E-state index in [1.165, 1.54) is 19.3 Å². The molecular formula is C13H26. The van der Waals surface area contributed by atoms with Crippen molar-refractivity contribution >= 4 is 0 Å². The number of hydrogen-bond donors (Lipinski definition) is 0. The van der Waals surface area contributed by atoms with Crippen LogP contribution in [-0.4, -0.2) is 0 Å². The van der Waals surface area contributed by atoms with E-state index in [9.17, 15) is 0 Å². The first kappa shape index (κ1) is 11.1. The summed E-state index contributed by atoms with van der Waals surface area (Å²) in [6.45, 7) is 12.1. The van der Waals surface area contributed by atoms with Crippen molar-refractivity contribution in [2.24, 2.45) is 29.6 Å². The Morgan fingerprint density at radius 3 is 1.85 bits per heavy atom. The van der Waals surface area contributed by atoms with Crippen molar-refractivity contribution in [1.29, 1.82) is 0 Å². The highest BCUT2D eigenvalue weighted by Crippen LogP contribution is 2.46. The summed E-state index contributed by atoms with van der Waals surface area (Å²) in [5.74, 6) is 4.87. The molecule has 0 aromatic heterocycles. The third-order valence-electron chi connectivity index (χ3n) is 4.50. The van der Waals surface area contributed by atoms with Gasteiger partial charge in [0.2, 0.25) is 0 Å². The van der Waals surface area contributed by atoms with Gasteiger partial charge in [0.05, 0.1) is 0 Å². The maximum Gasteiger partial charge on any atom is -0.0332 e. The average Bonchev–Trinajstić information content (AvgIpc) is 2.34. The predicted molar refractivity (Wildman–Crippen MR) is 59.7 cm³/mol. The lowest BCUT2D eigenvalue weighted by molar-refractivity contribution is 0.201. The Kier molecular flexibility index (Phi) is 3.82. The molecule has 4 unspecified atom stereocenters. The molecule has 13 heavy (non-hydrogen) atoms. The molecule has 0 aromatic rings. The topological polar surface area (TPSA) is 0 Å². The summed E-state index contributed by atoms with van der Waals surface area (Å²) in [6, 6.07) is 0. The van der Waals surface area contributed by atoms with Crippen molar-refractivity contribution in [3.05, 3.63) is 0 Å². The summed E-state index contributed by atoms with van der Waals surface area (Å²) < 4.78 is 0. The molecule has 1 saturated carbocycles. The molecule has 1 aliphatic rings. The van der Waals surface area contributed by atoms with E-state index in [0.29, 0.717) is 0 Å². The minimum Gasteiger partial charge on any atom is -0.0651 e. The molecule has 0 radical (unpaired) electrons. The highest BCUT2D eigenvalue weighted by molar-refractivity contribution is 4.87. The van der Waals surface area contributed by atoms with Crippen LogP contribution < -0.4 is 0 Å². The smallest absolute Gasteiger partial charge is 0.0332 e. The van der Waals surface area contributed by atoms with Crippen LogP contribution in [0.15, 0.2) is 0 Å². The molecule has 4 atom stereocenters. The van der Waals surface area contributed by atoms with Gasteiger partial charge in [-0.3, -0.25) is 0 Å². The molecule has 0 saturated heterocycles. The summed E-state index contributed by atoms with van der Waals surface area (Å²) in [7, 11) is 0. The molecule has 0 N–H and O–H groups in total. The van der Waals surface area contributed by atoms with Gasteiger partial charge < -0.3 is 0 Å². The lowest BCUT2D eigenvalue weighted by Crippen LogP contribution is -2.22. The Balaban J connectivity index is 2.66.